The van der Waals surface area contributed by atoms with E-state index in [1.165, 1.54) is 6.07 Å². The second-order valence-corrected chi connectivity index (χ2v) is 3.19. The highest BCUT2D eigenvalue weighted by atomic mass is 35.5. The molecule has 0 unspecified atom stereocenters. The molecule has 1 aromatic rings. The number of hydrogen-bond donors (Lipinski definition) is 2. The van der Waals surface area contributed by atoms with Crippen molar-refractivity contribution in [3.63, 3.8) is 0 Å². The maximum Gasteiger partial charge on any atom is 0.273 e. The predicted octanol–water partition coefficient (Wildman–Crippen LogP) is 0.954. The van der Waals surface area contributed by atoms with Crippen molar-refractivity contribution in [1.82, 2.24) is 10.9 Å². The van der Waals surface area contributed by atoms with E-state index >= 15 is 0 Å². The second-order valence-electron chi connectivity index (χ2n) is 2.92. The van der Waals surface area contributed by atoms with Crippen LogP contribution in [0.25, 0.3) is 0 Å². The SMILES string of the molecule is O=C(CCl)NNCc1ccccc1[N+](=O)[O-]. The minimum Gasteiger partial charge on any atom is -0.290 e. The molecule has 0 saturated heterocycles. The van der Waals surface area contributed by atoms with Crippen molar-refractivity contribution in [2.75, 3.05) is 5.88 Å². The molecule has 7 heteroatoms. The number of amides is 1. The van der Waals surface area contributed by atoms with Crippen LogP contribution in [-0.4, -0.2) is 16.7 Å². The minimum absolute atomic E-state index is 0.00937. The number of carbonyl (C=O) groups excluding carboxylic acids is 1. The molecule has 0 saturated carbocycles. The van der Waals surface area contributed by atoms with Crippen LogP contribution in [0.5, 0.6) is 0 Å². The van der Waals surface area contributed by atoms with Gasteiger partial charge in [-0.25, -0.2) is 5.43 Å². The van der Waals surface area contributed by atoms with Gasteiger partial charge in [0.2, 0.25) is 5.91 Å². The molecule has 0 aliphatic rings. The molecule has 0 aromatic heterocycles. The van der Waals surface area contributed by atoms with Gasteiger partial charge < -0.3 is 0 Å². The molecule has 0 aliphatic heterocycles. The Morgan fingerprint density at radius 2 is 2.12 bits per heavy atom. The average molecular weight is 244 g/mol. The maximum atomic E-state index is 10.8. The van der Waals surface area contributed by atoms with Crippen molar-refractivity contribution < 1.29 is 9.72 Å². The Hall–Kier alpha value is -1.66. The van der Waals surface area contributed by atoms with Crippen LogP contribution in [0, 0.1) is 10.1 Å². The third kappa shape index (κ3) is 3.48. The van der Waals surface area contributed by atoms with Crippen LogP contribution in [0.2, 0.25) is 0 Å². The fourth-order valence-corrected chi connectivity index (χ4v) is 1.18. The Morgan fingerprint density at radius 1 is 1.44 bits per heavy atom. The molecule has 1 amide bonds. The number of carbonyl (C=O) groups is 1. The van der Waals surface area contributed by atoms with Gasteiger partial charge in [-0.05, 0) is 0 Å². The first kappa shape index (κ1) is 12.4. The van der Waals surface area contributed by atoms with Crippen molar-refractivity contribution in [3.05, 3.63) is 39.9 Å². The molecular weight excluding hydrogens is 234 g/mol. The van der Waals surface area contributed by atoms with Gasteiger partial charge in [-0.2, -0.15) is 0 Å². The van der Waals surface area contributed by atoms with E-state index in [1.807, 2.05) is 0 Å². The van der Waals surface area contributed by atoms with E-state index < -0.39 is 4.92 Å². The summed E-state index contributed by atoms with van der Waals surface area (Å²) in [5, 5.41) is 10.6. The lowest BCUT2D eigenvalue weighted by atomic mass is 10.2. The molecule has 0 atom stereocenters. The van der Waals surface area contributed by atoms with E-state index in [0.717, 1.165) is 0 Å². The zero-order chi connectivity index (χ0) is 12.0. The summed E-state index contributed by atoms with van der Waals surface area (Å²) in [6.07, 6.45) is 0. The zero-order valence-corrected chi connectivity index (χ0v) is 9.03. The number of alkyl halides is 1. The summed E-state index contributed by atoms with van der Waals surface area (Å²) in [5.41, 5.74) is 5.36. The smallest absolute Gasteiger partial charge is 0.273 e. The van der Waals surface area contributed by atoms with Crippen LogP contribution >= 0.6 is 11.6 Å². The van der Waals surface area contributed by atoms with Gasteiger partial charge >= 0.3 is 0 Å². The fourth-order valence-electron chi connectivity index (χ4n) is 1.11. The van der Waals surface area contributed by atoms with Gasteiger partial charge in [0.05, 0.1) is 4.92 Å². The van der Waals surface area contributed by atoms with E-state index in [0.29, 0.717) is 5.56 Å². The summed E-state index contributed by atoms with van der Waals surface area (Å²) in [4.78, 5) is 21.0. The van der Waals surface area contributed by atoms with Crippen LogP contribution in [-0.2, 0) is 11.3 Å². The predicted molar refractivity (Wildman–Crippen MR) is 58.8 cm³/mol. The van der Waals surface area contributed by atoms with E-state index in [1.54, 1.807) is 18.2 Å². The summed E-state index contributed by atoms with van der Waals surface area (Å²) in [7, 11) is 0. The number of nitro benzene ring substituents is 1. The van der Waals surface area contributed by atoms with Gasteiger partial charge in [-0.15, -0.1) is 11.6 Å². The first-order valence-electron chi connectivity index (χ1n) is 4.45. The first-order chi connectivity index (χ1) is 7.65. The molecule has 0 fully saturated rings. The molecule has 2 N–H and O–H groups in total. The van der Waals surface area contributed by atoms with E-state index in [9.17, 15) is 14.9 Å². The Labute approximate surface area is 96.7 Å². The monoisotopic (exact) mass is 243 g/mol. The molecule has 1 rings (SSSR count). The van der Waals surface area contributed by atoms with Gasteiger partial charge in [-0.1, -0.05) is 18.2 Å². The number of nitrogens with one attached hydrogen (secondary N) is 2. The molecule has 0 aliphatic carbocycles. The highest BCUT2D eigenvalue weighted by Gasteiger charge is 2.11. The Morgan fingerprint density at radius 3 is 2.75 bits per heavy atom. The minimum atomic E-state index is -0.472. The molecule has 0 bridgehead atoms. The summed E-state index contributed by atoms with van der Waals surface area (Å²) in [6, 6.07) is 6.28. The largest absolute Gasteiger partial charge is 0.290 e. The van der Waals surface area contributed by atoms with Gasteiger partial charge in [0.25, 0.3) is 5.69 Å². The zero-order valence-electron chi connectivity index (χ0n) is 8.27. The van der Waals surface area contributed by atoms with Crippen molar-refractivity contribution in [2.24, 2.45) is 0 Å². The van der Waals surface area contributed by atoms with Gasteiger partial charge in [0.1, 0.15) is 5.88 Å². The molecule has 6 nitrogen and oxygen atoms in total. The van der Waals surface area contributed by atoms with Crippen LogP contribution < -0.4 is 10.9 Å². The van der Waals surface area contributed by atoms with Gasteiger partial charge in [0, 0.05) is 18.2 Å². The third-order valence-corrected chi connectivity index (χ3v) is 2.06. The normalized spacial score (nSPS) is 9.81. The summed E-state index contributed by atoms with van der Waals surface area (Å²) >= 11 is 5.26. The standard InChI is InChI=1S/C9H10ClN3O3/c10-5-9(14)12-11-6-7-3-1-2-4-8(7)13(15)16/h1-4,11H,5-6H2,(H,12,14). The number of hydrazine groups is 1. The highest BCUT2D eigenvalue weighted by Crippen LogP contribution is 2.16. The second kappa shape index (κ2) is 6.04. The highest BCUT2D eigenvalue weighted by molar-refractivity contribution is 6.27. The van der Waals surface area contributed by atoms with E-state index in [2.05, 4.69) is 10.9 Å². The Bertz CT molecular complexity index is 397. The number of halogens is 1. The van der Waals surface area contributed by atoms with Crippen molar-refractivity contribution >= 4 is 23.2 Å². The van der Waals surface area contributed by atoms with Gasteiger partial charge in [-0.3, -0.25) is 20.3 Å². The van der Waals surface area contributed by atoms with Gasteiger partial charge in [0.15, 0.2) is 0 Å². The average Bonchev–Trinajstić information content (AvgIpc) is 2.29. The molecule has 16 heavy (non-hydrogen) atoms. The molecule has 0 spiro atoms. The lowest BCUT2D eigenvalue weighted by molar-refractivity contribution is -0.385. The van der Waals surface area contributed by atoms with Crippen LogP contribution in [0.15, 0.2) is 24.3 Å². The number of para-hydroxylation sites is 1. The number of hydrogen-bond acceptors (Lipinski definition) is 4. The number of benzene rings is 1. The molecule has 0 radical (unpaired) electrons. The van der Waals surface area contributed by atoms with Crippen molar-refractivity contribution in [3.8, 4) is 0 Å². The number of rotatable bonds is 5. The van der Waals surface area contributed by atoms with Crippen LogP contribution in [0.1, 0.15) is 5.56 Å². The number of nitro groups is 1. The van der Waals surface area contributed by atoms with Crippen molar-refractivity contribution in [2.45, 2.75) is 6.54 Å². The maximum absolute atomic E-state index is 10.8. The first-order valence-corrected chi connectivity index (χ1v) is 4.98. The fraction of sp³-hybridized carbons (Fsp3) is 0.222. The van der Waals surface area contributed by atoms with Crippen LogP contribution in [0.4, 0.5) is 5.69 Å². The lowest BCUT2D eigenvalue weighted by Crippen LogP contribution is -2.37. The summed E-state index contributed by atoms with van der Waals surface area (Å²) in [5.74, 6) is -0.551. The molecule has 86 valence electrons. The number of nitrogens with zero attached hydrogens (tertiary/aromatic N) is 1. The quantitative estimate of drug-likeness (QED) is 0.458. The Balaban J connectivity index is 2.60. The topological polar surface area (TPSA) is 84.3 Å². The van der Waals surface area contributed by atoms with Crippen LogP contribution in [0.3, 0.4) is 0 Å². The Kier molecular flexibility index (Phi) is 4.68. The van der Waals surface area contributed by atoms with E-state index in [-0.39, 0.29) is 24.0 Å². The lowest BCUT2D eigenvalue weighted by Gasteiger charge is -2.05. The molecular formula is C9H10ClN3O3. The summed E-state index contributed by atoms with van der Waals surface area (Å²) < 4.78 is 0. The molecule has 0 heterocycles. The third-order valence-electron chi connectivity index (χ3n) is 1.82. The van der Waals surface area contributed by atoms with E-state index in [4.69, 9.17) is 11.6 Å². The molecule has 1 aromatic carbocycles. The van der Waals surface area contributed by atoms with Crippen molar-refractivity contribution in [1.29, 1.82) is 0 Å². The summed E-state index contributed by atoms with van der Waals surface area (Å²) in [6.45, 7) is 0.166.